The maximum absolute atomic E-state index is 15.3. The highest BCUT2D eigenvalue weighted by atomic mass is 35.5. The van der Waals surface area contributed by atoms with Gasteiger partial charge in [0.15, 0.2) is 11.6 Å². The number of benzene rings is 2. The minimum absolute atomic E-state index is 0.00427. The lowest BCUT2D eigenvalue weighted by Crippen LogP contribution is -2.29. The number of carbonyl (C=O) groups excluding carboxylic acids is 1. The van der Waals surface area contributed by atoms with Crippen LogP contribution in [0.1, 0.15) is 16.8 Å². The molecule has 34 heavy (non-hydrogen) atoms. The number of fused-ring (bicyclic) bond motifs is 1. The van der Waals surface area contributed by atoms with Crippen molar-refractivity contribution in [3.05, 3.63) is 64.7 Å². The monoisotopic (exact) mass is 482 g/mol. The van der Waals surface area contributed by atoms with Crippen molar-refractivity contribution in [2.45, 2.75) is 6.42 Å². The molecule has 0 radical (unpaired) electrons. The molecule has 2 heterocycles. The van der Waals surface area contributed by atoms with E-state index in [0.717, 1.165) is 5.70 Å². The first-order valence-corrected chi connectivity index (χ1v) is 10.9. The van der Waals surface area contributed by atoms with Gasteiger partial charge in [-0.25, -0.2) is 9.38 Å². The highest BCUT2D eigenvalue weighted by molar-refractivity contribution is 6.35. The van der Waals surface area contributed by atoms with Crippen molar-refractivity contribution in [1.29, 1.82) is 0 Å². The van der Waals surface area contributed by atoms with Gasteiger partial charge in [0.1, 0.15) is 11.6 Å². The number of halogens is 2. The second-order valence-corrected chi connectivity index (χ2v) is 8.37. The molecule has 0 fully saturated rings. The predicted octanol–water partition coefficient (Wildman–Crippen LogP) is 4.69. The SMILES string of the molecule is COc1cc(OC)c(Cl)c(-c2ccc(C(=O)NC3=NC(CN(C)C)=CC3)c3ncccc23)c1F. The third-order valence-electron chi connectivity index (χ3n) is 5.40. The van der Waals surface area contributed by atoms with Gasteiger partial charge in [-0.3, -0.25) is 9.78 Å². The number of hydrogen-bond donors (Lipinski definition) is 1. The summed E-state index contributed by atoms with van der Waals surface area (Å²) in [5.41, 5.74) is 2.23. The lowest BCUT2D eigenvalue weighted by Gasteiger charge is -2.16. The zero-order valence-electron chi connectivity index (χ0n) is 19.3. The van der Waals surface area contributed by atoms with Gasteiger partial charge in [-0.15, -0.1) is 0 Å². The van der Waals surface area contributed by atoms with Gasteiger partial charge in [0.2, 0.25) is 0 Å². The standard InChI is InChI=1S/C25H24ClFN4O3/c1-31(2)13-14-7-10-20(29-14)30-25(32)17-9-8-15(16-6-5-11-28-24(16)17)21-22(26)18(33-3)12-19(34-4)23(21)27/h5-9,11-12H,10,13H2,1-4H3,(H,29,30,32). The fourth-order valence-corrected chi connectivity index (χ4v) is 4.19. The van der Waals surface area contributed by atoms with Crippen LogP contribution in [0, 0.1) is 5.82 Å². The normalized spacial score (nSPS) is 13.1. The van der Waals surface area contributed by atoms with Gasteiger partial charge in [-0.2, -0.15) is 0 Å². The van der Waals surface area contributed by atoms with Crippen molar-refractivity contribution in [1.82, 2.24) is 15.2 Å². The van der Waals surface area contributed by atoms with E-state index in [4.69, 9.17) is 21.1 Å². The molecule has 2 aromatic carbocycles. The first kappa shape index (κ1) is 23.7. The third-order valence-corrected chi connectivity index (χ3v) is 5.78. The van der Waals surface area contributed by atoms with Crippen molar-refractivity contribution in [2.24, 2.45) is 4.99 Å². The molecule has 4 rings (SSSR count). The molecular weight excluding hydrogens is 459 g/mol. The number of aliphatic imine (C=N–C) groups is 1. The number of amides is 1. The molecular formula is C25H24ClFN4O3. The van der Waals surface area contributed by atoms with Crippen LogP contribution in [-0.2, 0) is 0 Å². The number of nitrogens with zero attached hydrogens (tertiary/aromatic N) is 3. The minimum atomic E-state index is -0.629. The van der Waals surface area contributed by atoms with Gasteiger partial charge < -0.3 is 19.7 Å². The van der Waals surface area contributed by atoms with Crippen LogP contribution in [0.2, 0.25) is 5.02 Å². The van der Waals surface area contributed by atoms with E-state index in [9.17, 15) is 4.79 Å². The Morgan fingerprint density at radius 2 is 1.97 bits per heavy atom. The van der Waals surface area contributed by atoms with Crippen LogP contribution in [0.25, 0.3) is 22.0 Å². The molecule has 0 unspecified atom stereocenters. The lowest BCUT2D eigenvalue weighted by molar-refractivity contribution is 0.0978. The first-order valence-electron chi connectivity index (χ1n) is 10.5. The summed E-state index contributed by atoms with van der Waals surface area (Å²) >= 11 is 6.50. The number of rotatable bonds is 6. The van der Waals surface area contributed by atoms with E-state index in [1.165, 1.54) is 20.3 Å². The largest absolute Gasteiger partial charge is 0.495 e. The summed E-state index contributed by atoms with van der Waals surface area (Å²) in [7, 11) is 6.73. The molecule has 1 aliphatic rings. The number of amidine groups is 1. The molecule has 0 atom stereocenters. The van der Waals surface area contributed by atoms with Gasteiger partial charge in [-0.1, -0.05) is 29.8 Å². The number of carbonyl (C=O) groups is 1. The van der Waals surface area contributed by atoms with E-state index < -0.39 is 5.82 Å². The quantitative estimate of drug-likeness (QED) is 0.551. The molecule has 9 heteroatoms. The van der Waals surface area contributed by atoms with Crippen molar-refractivity contribution < 1.29 is 18.7 Å². The van der Waals surface area contributed by atoms with E-state index in [0.29, 0.717) is 40.8 Å². The maximum atomic E-state index is 15.3. The molecule has 1 aliphatic heterocycles. The molecule has 1 amide bonds. The summed E-state index contributed by atoms with van der Waals surface area (Å²) in [6.07, 6.45) is 4.11. The second kappa shape index (κ2) is 9.79. The second-order valence-electron chi connectivity index (χ2n) is 7.99. The summed E-state index contributed by atoms with van der Waals surface area (Å²) < 4.78 is 25.8. The van der Waals surface area contributed by atoms with Crippen LogP contribution in [0.4, 0.5) is 4.39 Å². The van der Waals surface area contributed by atoms with Gasteiger partial charge in [0.25, 0.3) is 5.91 Å². The number of methoxy groups -OCH3 is 2. The Morgan fingerprint density at radius 3 is 2.68 bits per heavy atom. The highest BCUT2D eigenvalue weighted by Gasteiger charge is 2.24. The van der Waals surface area contributed by atoms with Gasteiger partial charge >= 0.3 is 0 Å². The van der Waals surface area contributed by atoms with Crippen LogP contribution in [0.5, 0.6) is 11.5 Å². The topological polar surface area (TPSA) is 76.1 Å². The predicted molar refractivity (Wildman–Crippen MR) is 131 cm³/mol. The molecule has 1 N–H and O–H groups in total. The highest BCUT2D eigenvalue weighted by Crippen LogP contribution is 2.44. The summed E-state index contributed by atoms with van der Waals surface area (Å²) in [6, 6.07) is 8.12. The average Bonchev–Trinajstić information content (AvgIpc) is 3.25. The van der Waals surface area contributed by atoms with Crippen LogP contribution in [0.3, 0.4) is 0 Å². The summed E-state index contributed by atoms with van der Waals surface area (Å²) in [5.74, 6) is -0.134. The number of likely N-dealkylation sites (N-methyl/N-ethyl adjacent to an activating group) is 1. The van der Waals surface area contributed by atoms with E-state index >= 15 is 4.39 Å². The number of aromatic nitrogens is 1. The number of pyridine rings is 1. The van der Waals surface area contributed by atoms with Gasteiger partial charge in [0.05, 0.1) is 36.0 Å². The Bertz CT molecular complexity index is 1310. The van der Waals surface area contributed by atoms with Crippen LogP contribution < -0.4 is 14.8 Å². The van der Waals surface area contributed by atoms with E-state index in [-0.39, 0.29) is 28.0 Å². The minimum Gasteiger partial charge on any atom is -0.495 e. The number of hydrogen-bond acceptors (Lipinski definition) is 6. The molecule has 176 valence electrons. The third kappa shape index (κ3) is 4.47. The van der Waals surface area contributed by atoms with Gasteiger partial charge in [-0.05, 0) is 31.8 Å². The van der Waals surface area contributed by atoms with Crippen molar-refractivity contribution in [3.8, 4) is 22.6 Å². The van der Waals surface area contributed by atoms with Crippen molar-refractivity contribution in [3.63, 3.8) is 0 Å². The molecule has 0 aliphatic carbocycles. The maximum Gasteiger partial charge on any atom is 0.258 e. The Hall–Kier alpha value is -3.49. The average molecular weight is 483 g/mol. The number of ether oxygens (including phenoxy) is 2. The van der Waals surface area contributed by atoms with Crippen LogP contribution >= 0.6 is 11.6 Å². The summed E-state index contributed by atoms with van der Waals surface area (Å²) in [6.45, 7) is 0.689. The summed E-state index contributed by atoms with van der Waals surface area (Å²) in [5, 5.41) is 3.53. The van der Waals surface area contributed by atoms with Crippen LogP contribution in [0.15, 0.2) is 53.3 Å². The number of nitrogens with one attached hydrogen (secondary N) is 1. The zero-order valence-corrected chi connectivity index (χ0v) is 20.0. The zero-order chi connectivity index (χ0) is 24.4. The molecule has 0 saturated heterocycles. The van der Waals surface area contributed by atoms with Crippen molar-refractivity contribution in [2.75, 3.05) is 34.9 Å². The van der Waals surface area contributed by atoms with Gasteiger partial charge in [0, 0.05) is 36.2 Å². The smallest absolute Gasteiger partial charge is 0.258 e. The Labute approximate surface area is 201 Å². The van der Waals surface area contributed by atoms with Crippen LogP contribution in [-0.4, -0.2) is 56.5 Å². The Morgan fingerprint density at radius 1 is 1.21 bits per heavy atom. The van der Waals surface area contributed by atoms with E-state index in [2.05, 4.69) is 15.3 Å². The van der Waals surface area contributed by atoms with Crippen molar-refractivity contribution >= 4 is 34.2 Å². The molecule has 1 aromatic heterocycles. The molecule has 7 nitrogen and oxygen atoms in total. The Balaban J connectivity index is 1.76. The molecule has 0 bridgehead atoms. The van der Waals surface area contributed by atoms with E-state index in [1.54, 1.807) is 30.5 Å². The summed E-state index contributed by atoms with van der Waals surface area (Å²) in [4.78, 5) is 24.0. The lowest BCUT2D eigenvalue weighted by atomic mass is 9.96. The fourth-order valence-electron chi connectivity index (χ4n) is 3.88. The fraction of sp³-hybridized carbons (Fsp3) is 0.240. The first-order chi connectivity index (χ1) is 16.3. The molecule has 3 aromatic rings. The Kier molecular flexibility index (Phi) is 6.81. The van der Waals surface area contributed by atoms with E-state index in [1.807, 2.05) is 25.1 Å². The molecule has 0 saturated carbocycles. The molecule has 0 spiro atoms.